The van der Waals surface area contributed by atoms with E-state index in [-0.39, 0.29) is 11.9 Å². The largest absolute Gasteiger partial charge is 0.361 e. The molecule has 1 atom stereocenters. The number of fused-ring (bicyclic) bond motifs is 1. The molecular formula is C17H16N2O. The van der Waals surface area contributed by atoms with Crippen molar-refractivity contribution in [1.29, 1.82) is 0 Å². The molecule has 1 aromatic heterocycles. The minimum atomic E-state index is -0.0495. The summed E-state index contributed by atoms with van der Waals surface area (Å²) in [5.41, 5.74) is 2.78. The van der Waals surface area contributed by atoms with E-state index in [1.165, 1.54) is 0 Å². The van der Waals surface area contributed by atoms with Crippen LogP contribution in [0, 0.1) is 0 Å². The molecule has 20 heavy (non-hydrogen) atoms. The van der Waals surface area contributed by atoms with Crippen molar-refractivity contribution < 1.29 is 4.79 Å². The van der Waals surface area contributed by atoms with Crippen LogP contribution in [0.15, 0.2) is 60.8 Å². The Hall–Kier alpha value is -2.55. The van der Waals surface area contributed by atoms with Gasteiger partial charge >= 0.3 is 0 Å². The molecule has 0 aliphatic heterocycles. The smallest absolute Gasteiger partial charge is 0.252 e. The second-order valence-corrected chi connectivity index (χ2v) is 4.85. The first-order valence-corrected chi connectivity index (χ1v) is 6.67. The standard InChI is InChI=1S/C17H16N2O/c1-12(13-6-3-2-4-7-13)19-17(20)15-8-5-9-16-14(15)10-11-18-16/h2-12,18H,1H3,(H,19,20)/t12-/m0/s1. The number of benzene rings is 2. The van der Waals surface area contributed by atoms with Gasteiger partial charge in [-0.1, -0.05) is 36.4 Å². The Labute approximate surface area is 117 Å². The van der Waals surface area contributed by atoms with E-state index in [2.05, 4.69) is 10.3 Å². The summed E-state index contributed by atoms with van der Waals surface area (Å²) in [6, 6.07) is 17.6. The molecular weight excluding hydrogens is 248 g/mol. The minimum absolute atomic E-state index is 0.0158. The fraction of sp³-hybridized carbons (Fsp3) is 0.118. The number of rotatable bonds is 3. The average molecular weight is 264 g/mol. The van der Waals surface area contributed by atoms with E-state index in [0.29, 0.717) is 5.56 Å². The SMILES string of the molecule is C[C@H](NC(=O)c1cccc2[nH]ccc12)c1ccccc1. The number of amides is 1. The molecule has 3 rings (SSSR count). The summed E-state index contributed by atoms with van der Waals surface area (Å²) in [5, 5.41) is 3.99. The Kier molecular flexibility index (Phi) is 3.25. The first-order valence-electron chi connectivity index (χ1n) is 6.67. The summed E-state index contributed by atoms with van der Waals surface area (Å²) in [5.74, 6) is -0.0495. The zero-order valence-electron chi connectivity index (χ0n) is 11.3. The molecule has 0 fully saturated rings. The third-order valence-corrected chi connectivity index (χ3v) is 3.49. The van der Waals surface area contributed by atoms with Crippen molar-refractivity contribution in [2.45, 2.75) is 13.0 Å². The van der Waals surface area contributed by atoms with Crippen LogP contribution < -0.4 is 5.32 Å². The summed E-state index contributed by atoms with van der Waals surface area (Å²) in [6.45, 7) is 1.99. The predicted molar refractivity (Wildman–Crippen MR) is 80.6 cm³/mol. The molecule has 1 heterocycles. The number of aromatic amines is 1. The van der Waals surface area contributed by atoms with Crippen molar-refractivity contribution in [3.8, 4) is 0 Å². The van der Waals surface area contributed by atoms with Crippen LogP contribution in [0.25, 0.3) is 10.9 Å². The number of hydrogen-bond acceptors (Lipinski definition) is 1. The summed E-state index contributed by atoms with van der Waals surface area (Å²) in [7, 11) is 0. The van der Waals surface area contributed by atoms with Gasteiger partial charge in [0.15, 0.2) is 0 Å². The van der Waals surface area contributed by atoms with Crippen LogP contribution in [0.1, 0.15) is 28.9 Å². The number of carbonyl (C=O) groups excluding carboxylic acids is 1. The normalized spacial score (nSPS) is 12.2. The van der Waals surface area contributed by atoms with E-state index in [9.17, 15) is 4.79 Å². The van der Waals surface area contributed by atoms with Crippen molar-refractivity contribution >= 4 is 16.8 Å². The Morgan fingerprint density at radius 2 is 1.85 bits per heavy atom. The van der Waals surface area contributed by atoms with Gasteiger partial charge in [0.1, 0.15) is 0 Å². The van der Waals surface area contributed by atoms with E-state index in [4.69, 9.17) is 0 Å². The first-order chi connectivity index (χ1) is 9.75. The molecule has 0 radical (unpaired) electrons. The summed E-state index contributed by atoms with van der Waals surface area (Å²) < 4.78 is 0. The molecule has 3 nitrogen and oxygen atoms in total. The topological polar surface area (TPSA) is 44.9 Å². The Morgan fingerprint density at radius 1 is 1.05 bits per heavy atom. The highest BCUT2D eigenvalue weighted by atomic mass is 16.1. The van der Waals surface area contributed by atoms with Gasteiger partial charge in [0.05, 0.1) is 6.04 Å². The van der Waals surface area contributed by atoms with E-state index in [0.717, 1.165) is 16.5 Å². The van der Waals surface area contributed by atoms with Crippen LogP contribution in [-0.2, 0) is 0 Å². The highest BCUT2D eigenvalue weighted by Crippen LogP contribution is 2.19. The highest BCUT2D eigenvalue weighted by molar-refractivity contribution is 6.06. The van der Waals surface area contributed by atoms with E-state index in [1.807, 2.05) is 67.7 Å². The lowest BCUT2D eigenvalue weighted by Crippen LogP contribution is -2.26. The van der Waals surface area contributed by atoms with Gasteiger partial charge in [-0.2, -0.15) is 0 Å². The third-order valence-electron chi connectivity index (χ3n) is 3.49. The third kappa shape index (κ3) is 2.30. The van der Waals surface area contributed by atoms with Crippen molar-refractivity contribution in [1.82, 2.24) is 10.3 Å². The van der Waals surface area contributed by atoms with Gasteiger partial charge in [-0.3, -0.25) is 4.79 Å². The van der Waals surface area contributed by atoms with Gasteiger partial charge in [-0.15, -0.1) is 0 Å². The number of H-pyrrole nitrogens is 1. The molecule has 0 aliphatic rings. The lowest BCUT2D eigenvalue weighted by molar-refractivity contribution is 0.0941. The van der Waals surface area contributed by atoms with Crippen LogP contribution in [0.5, 0.6) is 0 Å². The number of aromatic nitrogens is 1. The predicted octanol–water partition coefficient (Wildman–Crippen LogP) is 3.66. The van der Waals surface area contributed by atoms with E-state index >= 15 is 0 Å². The second-order valence-electron chi connectivity index (χ2n) is 4.85. The van der Waals surface area contributed by atoms with Gasteiger partial charge in [0.25, 0.3) is 5.91 Å². The zero-order valence-corrected chi connectivity index (χ0v) is 11.3. The summed E-state index contributed by atoms with van der Waals surface area (Å²) in [6.07, 6.45) is 1.85. The maximum atomic E-state index is 12.4. The van der Waals surface area contributed by atoms with Crippen molar-refractivity contribution in [2.24, 2.45) is 0 Å². The summed E-state index contributed by atoms with van der Waals surface area (Å²) >= 11 is 0. The molecule has 0 saturated heterocycles. The Balaban J connectivity index is 1.85. The number of nitrogens with one attached hydrogen (secondary N) is 2. The van der Waals surface area contributed by atoms with Crippen LogP contribution in [0.3, 0.4) is 0 Å². The van der Waals surface area contributed by atoms with Crippen LogP contribution >= 0.6 is 0 Å². The molecule has 0 saturated carbocycles. The maximum Gasteiger partial charge on any atom is 0.252 e. The van der Waals surface area contributed by atoms with Crippen LogP contribution in [-0.4, -0.2) is 10.9 Å². The van der Waals surface area contributed by atoms with Gasteiger partial charge in [-0.25, -0.2) is 0 Å². The highest BCUT2D eigenvalue weighted by Gasteiger charge is 2.13. The summed E-state index contributed by atoms with van der Waals surface area (Å²) in [4.78, 5) is 15.5. The van der Waals surface area contributed by atoms with E-state index in [1.54, 1.807) is 0 Å². The molecule has 100 valence electrons. The van der Waals surface area contributed by atoms with Crippen LogP contribution in [0.2, 0.25) is 0 Å². The van der Waals surface area contributed by atoms with Crippen molar-refractivity contribution in [3.63, 3.8) is 0 Å². The maximum absolute atomic E-state index is 12.4. The zero-order chi connectivity index (χ0) is 13.9. The molecule has 0 spiro atoms. The van der Waals surface area contributed by atoms with Gasteiger partial charge < -0.3 is 10.3 Å². The molecule has 2 N–H and O–H groups in total. The lowest BCUT2D eigenvalue weighted by atomic mass is 10.1. The van der Waals surface area contributed by atoms with Gasteiger partial charge in [0.2, 0.25) is 0 Å². The van der Waals surface area contributed by atoms with Crippen molar-refractivity contribution in [3.05, 3.63) is 71.9 Å². The van der Waals surface area contributed by atoms with Gasteiger partial charge in [0, 0.05) is 22.7 Å². The molecule has 3 aromatic rings. The second kappa shape index (κ2) is 5.21. The van der Waals surface area contributed by atoms with Crippen LogP contribution in [0.4, 0.5) is 0 Å². The quantitative estimate of drug-likeness (QED) is 0.745. The van der Waals surface area contributed by atoms with E-state index < -0.39 is 0 Å². The fourth-order valence-corrected chi connectivity index (χ4v) is 2.38. The fourth-order valence-electron chi connectivity index (χ4n) is 2.38. The van der Waals surface area contributed by atoms with Crippen molar-refractivity contribution in [2.75, 3.05) is 0 Å². The molecule has 0 unspecified atom stereocenters. The Morgan fingerprint density at radius 3 is 2.65 bits per heavy atom. The Bertz CT molecular complexity index is 731. The lowest BCUT2D eigenvalue weighted by Gasteiger charge is -2.14. The first kappa shape index (κ1) is 12.5. The molecule has 0 bridgehead atoms. The molecule has 3 heteroatoms. The average Bonchev–Trinajstić information content (AvgIpc) is 2.96. The monoisotopic (exact) mass is 264 g/mol. The molecule has 2 aromatic carbocycles. The molecule has 1 amide bonds. The molecule has 0 aliphatic carbocycles. The van der Waals surface area contributed by atoms with Gasteiger partial charge in [-0.05, 0) is 30.7 Å². The minimum Gasteiger partial charge on any atom is -0.361 e. The number of hydrogen-bond donors (Lipinski definition) is 2. The number of carbonyl (C=O) groups is 1.